The fraction of sp³-hybridized carbons (Fsp3) is 0. The van der Waals surface area contributed by atoms with Gasteiger partial charge in [0.25, 0.3) is 0 Å². The quantitative estimate of drug-likeness (QED) is 0.171. The third-order valence-corrected chi connectivity index (χ3v) is 10.8. The fourth-order valence-corrected chi connectivity index (χ4v) is 8.21. The van der Waals surface area contributed by atoms with Crippen molar-refractivity contribution in [3.8, 4) is 56.2 Å². The molecule has 0 saturated heterocycles. The van der Waals surface area contributed by atoms with Gasteiger partial charge in [0.15, 0.2) is 0 Å². The van der Waals surface area contributed by atoms with Crippen LogP contribution in [0.3, 0.4) is 0 Å². The molecule has 5 aromatic heterocycles. The Balaban J connectivity index is 0.995. The van der Waals surface area contributed by atoms with Crippen LogP contribution in [-0.2, 0) is 0 Å². The van der Waals surface area contributed by atoms with Crippen molar-refractivity contribution in [2.24, 2.45) is 0 Å². The van der Waals surface area contributed by atoms with Crippen molar-refractivity contribution >= 4 is 53.3 Å². The molecule has 10 aromatic rings. The lowest BCUT2D eigenvalue weighted by Crippen LogP contribution is -1.91. The SMILES string of the molecule is c1ccc(-c2ccc(-c3ccc(-c4ccc5ccc6ccc(-c7cccc(-c8cccc9c8sc8ccccc89)c7)nc6c5n4)cc3)cn2)nc1. The number of hydrogen-bond acceptors (Lipinski definition) is 5. The van der Waals surface area contributed by atoms with Crippen LogP contribution in [0.4, 0.5) is 0 Å². The molecule has 0 atom stereocenters. The highest BCUT2D eigenvalue weighted by Crippen LogP contribution is 2.40. The first-order valence-corrected chi connectivity index (χ1v) is 17.8. The van der Waals surface area contributed by atoms with Gasteiger partial charge >= 0.3 is 0 Å². The Morgan fingerprint density at radius 1 is 0.392 bits per heavy atom. The largest absolute Gasteiger partial charge is 0.255 e. The van der Waals surface area contributed by atoms with Crippen molar-refractivity contribution in [2.45, 2.75) is 0 Å². The van der Waals surface area contributed by atoms with Crippen molar-refractivity contribution < 1.29 is 0 Å². The summed E-state index contributed by atoms with van der Waals surface area (Å²) in [5.74, 6) is 0. The van der Waals surface area contributed by atoms with E-state index in [0.717, 1.165) is 66.8 Å². The van der Waals surface area contributed by atoms with Gasteiger partial charge in [-0.25, -0.2) is 9.97 Å². The molecule has 0 spiro atoms. The van der Waals surface area contributed by atoms with Crippen molar-refractivity contribution in [3.63, 3.8) is 0 Å². The molecule has 0 amide bonds. The number of thiophene rings is 1. The predicted molar refractivity (Wildman–Crippen MR) is 213 cm³/mol. The van der Waals surface area contributed by atoms with Crippen LogP contribution in [-0.4, -0.2) is 19.9 Å². The molecule has 4 nitrogen and oxygen atoms in total. The lowest BCUT2D eigenvalue weighted by atomic mass is 9.99. The molecule has 51 heavy (non-hydrogen) atoms. The summed E-state index contributed by atoms with van der Waals surface area (Å²) in [6.45, 7) is 0. The van der Waals surface area contributed by atoms with Crippen LogP contribution in [0.15, 0.2) is 170 Å². The van der Waals surface area contributed by atoms with E-state index in [4.69, 9.17) is 9.97 Å². The van der Waals surface area contributed by atoms with Crippen LogP contribution >= 0.6 is 11.3 Å². The Hall–Kier alpha value is -6.56. The summed E-state index contributed by atoms with van der Waals surface area (Å²) < 4.78 is 2.62. The first kappa shape index (κ1) is 29.4. The number of hydrogen-bond donors (Lipinski definition) is 0. The van der Waals surface area contributed by atoms with Crippen LogP contribution in [0.2, 0.25) is 0 Å². The summed E-state index contributed by atoms with van der Waals surface area (Å²) in [6.07, 6.45) is 3.69. The second-order valence-corrected chi connectivity index (χ2v) is 13.7. The van der Waals surface area contributed by atoms with Crippen molar-refractivity contribution in [2.75, 3.05) is 0 Å². The second-order valence-electron chi connectivity index (χ2n) is 12.7. The normalized spacial score (nSPS) is 11.5. The van der Waals surface area contributed by atoms with Gasteiger partial charge in [-0.2, -0.15) is 0 Å². The third kappa shape index (κ3) is 5.23. The average Bonchev–Trinajstić information content (AvgIpc) is 3.60. The lowest BCUT2D eigenvalue weighted by molar-refractivity contribution is 1.25. The van der Waals surface area contributed by atoms with Crippen LogP contribution in [0.25, 0.3) is 98.1 Å². The number of aromatic nitrogens is 4. The molecule has 0 unspecified atom stereocenters. The minimum absolute atomic E-state index is 0.859. The highest BCUT2D eigenvalue weighted by atomic mass is 32.1. The van der Waals surface area contributed by atoms with E-state index in [2.05, 4.69) is 143 Å². The minimum atomic E-state index is 0.859. The lowest BCUT2D eigenvalue weighted by Gasteiger charge is -2.10. The van der Waals surface area contributed by atoms with E-state index in [1.165, 1.54) is 31.3 Å². The molecule has 238 valence electrons. The summed E-state index contributed by atoms with van der Waals surface area (Å²) in [4.78, 5) is 19.5. The highest BCUT2D eigenvalue weighted by Gasteiger charge is 2.13. The van der Waals surface area contributed by atoms with Gasteiger partial charge in [0.1, 0.15) is 0 Å². The Bertz CT molecular complexity index is 2900. The van der Waals surface area contributed by atoms with Crippen molar-refractivity contribution in [1.82, 2.24) is 19.9 Å². The molecule has 0 aliphatic rings. The molecule has 0 bridgehead atoms. The molecule has 5 heteroatoms. The molecule has 0 radical (unpaired) electrons. The highest BCUT2D eigenvalue weighted by molar-refractivity contribution is 7.26. The summed E-state index contributed by atoms with van der Waals surface area (Å²) in [6, 6.07) is 55.3. The van der Waals surface area contributed by atoms with Gasteiger partial charge in [-0.3, -0.25) is 9.97 Å². The van der Waals surface area contributed by atoms with E-state index in [0.29, 0.717) is 0 Å². The van der Waals surface area contributed by atoms with Gasteiger partial charge in [-0.05, 0) is 59.2 Å². The van der Waals surface area contributed by atoms with Crippen molar-refractivity contribution in [3.05, 3.63) is 170 Å². The van der Waals surface area contributed by atoms with E-state index in [9.17, 15) is 0 Å². The van der Waals surface area contributed by atoms with E-state index < -0.39 is 0 Å². The standard InChI is InChI=1S/C46H28N4S/c1-2-13-43-37(9-1)38-11-6-10-36(46(38)51-43)33-7-5-8-34(27-33)40-24-21-32-19-18-31-20-23-39(49-44(31)45(32)50-40)30-16-14-29(15-17-30)35-22-25-42(48-28-35)41-12-3-4-26-47-41/h1-28H. The van der Waals surface area contributed by atoms with Gasteiger partial charge in [0, 0.05) is 60.0 Å². The first-order valence-electron chi connectivity index (χ1n) is 17.0. The van der Waals surface area contributed by atoms with Crippen LogP contribution < -0.4 is 0 Å². The number of benzene rings is 5. The van der Waals surface area contributed by atoms with E-state index in [-0.39, 0.29) is 0 Å². The van der Waals surface area contributed by atoms with Crippen LogP contribution in [0, 0.1) is 0 Å². The number of fused-ring (bicyclic) bond motifs is 6. The van der Waals surface area contributed by atoms with Gasteiger partial charge in [-0.1, -0.05) is 115 Å². The van der Waals surface area contributed by atoms with E-state index in [1.54, 1.807) is 6.20 Å². The Morgan fingerprint density at radius 2 is 1.02 bits per heavy atom. The third-order valence-electron chi connectivity index (χ3n) is 9.60. The molecule has 0 aliphatic heterocycles. The van der Waals surface area contributed by atoms with Crippen LogP contribution in [0.1, 0.15) is 0 Å². The molecule has 0 aliphatic carbocycles. The molecule has 10 rings (SSSR count). The molecule has 0 saturated carbocycles. The van der Waals surface area contributed by atoms with Crippen LogP contribution in [0.5, 0.6) is 0 Å². The molecule has 5 heterocycles. The monoisotopic (exact) mass is 668 g/mol. The summed E-state index contributed by atoms with van der Waals surface area (Å²) in [5, 5.41) is 4.75. The molecule has 5 aromatic carbocycles. The summed E-state index contributed by atoms with van der Waals surface area (Å²) in [7, 11) is 0. The maximum Gasteiger partial charge on any atom is 0.0972 e. The summed E-state index contributed by atoms with van der Waals surface area (Å²) in [5.41, 5.74) is 12.1. The zero-order chi connectivity index (χ0) is 33.7. The maximum atomic E-state index is 5.25. The molecular weight excluding hydrogens is 641 g/mol. The zero-order valence-corrected chi connectivity index (χ0v) is 28.2. The molecule has 0 N–H and O–H groups in total. The average molecular weight is 669 g/mol. The van der Waals surface area contributed by atoms with Gasteiger partial charge in [0.2, 0.25) is 0 Å². The van der Waals surface area contributed by atoms with Gasteiger partial charge < -0.3 is 0 Å². The zero-order valence-electron chi connectivity index (χ0n) is 27.4. The Morgan fingerprint density at radius 3 is 1.78 bits per heavy atom. The number of pyridine rings is 4. The first-order chi connectivity index (χ1) is 25.2. The molecular formula is C46H28N4S. The minimum Gasteiger partial charge on any atom is -0.255 e. The van der Waals surface area contributed by atoms with E-state index >= 15 is 0 Å². The predicted octanol–water partition coefficient (Wildman–Crippen LogP) is 12.3. The topological polar surface area (TPSA) is 51.6 Å². The van der Waals surface area contributed by atoms with Crippen molar-refractivity contribution in [1.29, 1.82) is 0 Å². The fourth-order valence-electron chi connectivity index (χ4n) is 6.97. The maximum absolute atomic E-state index is 5.25. The molecule has 0 fully saturated rings. The van der Waals surface area contributed by atoms with Gasteiger partial charge in [-0.15, -0.1) is 11.3 Å². The number of nitrogens with zero attached hydrogens (tertiary/aromatic N) is 4. The second kappa shape index (κ2) is 12.1. The summed E-state index contributed by atoms with van der Waals surface area (Å²) >= 11 is 1.86. The Kier molecular flexibility index (Phi) is 6.96. The van der Waals surface area contributed by atoms with Gasteiger partial charge in [0.05, 0.1) is 33.8 Å². The number of rotatable bonds is 5. The smallest absolute Gasteiger partial charge is 0.0972 e. The Labute approximate surface area is 298 Å². The van der Waals surface area contributed by atoms with E-state index in [1.807, 2.05) is 41.8 Å².